The number of carbonyl (C=O) groups is 1. The molecule has 0 fully saturated rings. The first kappa shape index (κ1) is 23.5. The molecule has 4 aromatic rings. The summed E-state index contributed by atoms with van der Waals surface area (Å²) in [6.45, 7) is 7.55. The van der Waals surface area contributed by atoms with Gasteiger partial charge in [-0.3, -0.25) is 9.69 Å². The van der Waals surface area contributed by atoms with Gasteiger partial charge in [0.25, 0.3) is 5.91 Å². The molecule has 7 heteroatoms. The highest BCUT2D eigenvalue weighted by Crippen LogP contribution is 2.31. The second kappa shape index (κ2) is 10.4. The lowest BCUT2D eigenvalue weighted by molar-refractivity contribution is 0.0984. The van der Waals surface area contributed by atoms with Gasteiger partial charge in [-0.2, -0.15) is 0 Å². The summed E-state index contributed by atoms with van der Waals surface area (Å²) in [5.41, 5.74) is 1.53. The van der Waals surface area contributed by atoms with Crippen LogP contribution in [0.5, 0.6) is 0 Å². The van der Waals surface area contributed by atoms with Crippen molar-refractivity contribution >= 4 is 67.4 Å². The Balaban J connectivity index is 0.00000272. The van der Waals surface area contributed by atoms with Crippen LogP contribution in [0.2, 0.25) is 5.02 Å². The van der Waals surface area contributed by atoms with E-state index in [0.29, 0.717) is 22.3 Å². The lowest BCUT2D eigenvalue weighted by atomic mass is 10.1. The maximum absolute atomic E-state index is 13.6. The Morgan fingerprint density at radius 1 is 0.968 bits per heavy atom. The summed E-state index contributed by atoms with van der Waals surface area (Å²) < 4.78 is 0.983. The van der Waals surface area contributed by atoms with Gasteiger partial charge >= 0.3 is 0 Å². The second-order valence-corrected chi connectivity index (χ2v) is 8.60. The van der Waals surface area contributed by atoms with E-state index >= 15 is 0 Å². The van der Waals surface area contributed by atoms with Gasteiger partial charge in [-0.15, -0.1) is 12.4 Å². The van der Waals surface area contributed by atoms with Crippen LogP contribution >= 0.6 is 35.3 Å². The van der Waals surface area contributed by atoms with Crippen molar-refractivity contribution in [2.45, 2.75) is 13.8 Å². The van der Waals surface area contributed by atoms with Crippen LogP contribution in [0.4, 0.5) is 5.13 Å². The number of fused-ring (bicyclic) bond motifs is 2. The number of amides is 1. The Hall–Kier alpha value is -2.18. The SMILES string of the molecule is CCN(CC)CCN(C(=O)c1ccc2ccccc2c1)c1nc2ccc(Cl)cc2s1.Cl. The minimum Gasteiger partial charge on any atom is -0.302 e. The molecule has 1 heterocycles. The number of nitrogens with zero attached hydrogens (tertiary/aromatic N) is 3. The van der Waals surface area contributed by atoms with Crippen LogP contribution in [0.15, 0.2) is 60.7 Å². The summed E-state index contributed by atoms with van der Waals surface area (Å²) in [4.78, 5) is 22.4. The van der Waals surface area contributed by atoms with Crippen molar-refractivity contribution in [1.82, 2.24) is 9.88 Å². The predicted octanol–water partition coefficient (Wildman–Crippen LogP) is 6.51. The predicted molar refractivity (Wildman–Crippen MR) is 135 cm³/mol. The maximum Gasteiger partial charge on any atom is 0.260 e. The third-order valence-corrected chi connectivity index (χ3v) is 6.62. The molecule has 1 amide bonds. The van der Waals surface area contributed by atoms with Crippen LogP contribution in [-0.2, 0) is 0 Å². The summed E-state index contributed by atoms with van der Waals surface area (Å²) in [7, 11) is 0. The molecule has 0 aliphatic rings. The van der Waals surface area contributed by atoms with E-state index in [9.17, 15) is 4.79 Å². The molecule has 4 rings (SSSR count). The van der Waals surface area contributed by atoms with E-state index in [1.807, 2.05) is 54.6 Å². The maximum atomic E-state index is 13.6. The van der Waals surface area contributed by atoms with E-state index in [2.05, 4.69) is 24.8 Å². The molecule has 0 atom stereocenters. The van der Waals surface area contributed by atoms with Gasteiger partial charge in [0, 0.05) is 23.7 Å². The van der Waals surface area contributed by atoms with Crippen LogP contribution < -0.4 is 4.90 Å². The molecule has 0 aliphatic carbocycles. The zero-order valence-electron chi connectivity index (χ0n) is 17.5. The van der Waals surface area contributed by atoms with Crippen molar-refractivity contribution in [2.24, 2.45) is 0 Å². The minimum absolute atomic E-state index is 0. The lowest BCUT2D eigenvalue weighted by Crippen LogP contribution is -2.38. The van der Waals surface area contributed by atoms with Gasteiger partial charge in [0.2, 0.25) is 0 Å². The molecule has 0 unspecified atom stereocenters. The summed E-state index contributed by atoms with van der Waals surface area (Å²) in [5.74, 6) is -0.0296. The number of rotatable bonds is 7. The largest absolute Gasteiger partial charge is 0.302 e. The highest BCUT2D eigenvalue weighted by atomic mass is 35.5. The van der Waals surface area contributed by atoms with Crippen LogP contribution in [0.25, 0.3) is 21.0 Å². The fourth-order valence-electron chi connectivity index (χ4n) is 3.55. The van der Waals surface area contributed by atoms with Crippen molar-refractivity contribution in [2.75, 3.05) is 31.1 Å². The Labute approximate surface area is 197 Å². The van der Waals surface area contributed by atoms with Gasteiger partial charge in [-0.05, 0) is 54.2 Å². The Morgan fingerprint density at radius 2 is 1.71 bits per heavy atom. The van der Waals surface area contributed by atoms with Gasteiger partial charge in [0.05, 0.1) is 10.2 Å². The molecule has 0 bridgehead atoms. The topological polar surface area (TPSA) is 36.4 Å². The monoisotopic (exact) mass is 473 g/mol. The molecule has 4 nitrogen and oxygen atoms in total. The number of aromatic nitrogens is 1. The number of halogens is 2. The average molecular weight is 474 g/mol. The summed E-state index contributed by atoms with van der Waals surface area (Å²) in [6.07, 6.45) is 0. The number of anilines is 1. The van der Waals surface area contributed by atoms with E-state index in [0.717, 1.165) is 40.6 Å². The van der Waals surface area contributed by atoms with E-state index in [4.69, 9.17) is 16.6 Å². The molecule has 31 heavy (non-hydrogen) atoms. The molecule has 0 saturated carbocycles. The fraction of sp³-hybridized carbons (Fsp3) is 0.250. The van der Waals surface area contributed by atoms with E-state index in [1.54, 1.807) is 4.90 Å². The molecular formula is C24H25Cl2N3OS. The number of carbonyl (C=O) groups excluding carboxylic acids is 1. The number of benzene rings is 3. The molecule has 0 spiro atoms. The number of likely N-dealkylation sites (N-methyl/N-ethyl adjacent to an activating group) is 1. The molecule has 0 radical (unpaired) electrons. The third-order valence-electron chi connectivity index (χ3n) is 5.35. The molecule has 0 N–H and O–H groups in total. The molecule has 3 aromatic carbocycles. The van der Waals surface area contributed by atoms with Crippen LogP contribution in [-0.4, -0.2) is 42.0 Å². The lowest BCUT2D eigenvalue weighted by Gasteiger charge is -2.24. The van der Waals surface area contributed by atoms with Crippen LogP contribution in [0.3, 0.4) is 0 Å². The average Bonchev–Trinajstić information content (AvgIpc) is 3.18. The minimum atomic E-state index is -0.0296. The Bertz CT molecular complexity index is 1190. The number of hydrogen-bond acceptors (Lipinski definition) is 4. The molecule has 0 aliphatic heterocycles. The van der Waals surface area contributed by atoms with Crippen molar-refractivity contribution in [1.29, 1.82) is 0 Å². The number of thiazole rings is 1. The third kappa shape index (κ3) is 5.18. The van der Waals surface area contributed by atoms with Gasteiger partial charge in [0.1, 0.15) is 0 Å². The molecule has 162 valence electrons. The molecule has 0 saturated heterocycles. The van der Waals surface area contributed by atoms with Crippen molar-refractivity contribution < 1.29 is 4.79 Å². The van der Waals surface area contributed by atoms with Gasteiger partial charge < -0.3 is 4.90 Å². The Kier molecular flexibility index (Phi) is 7.89. The second-order valence-electron chi connectivity index (χ2n) is 7.15. The summed E-state index contributed by atoms with van der Waals surface area (Å²) >= 11 is 7.66. The van der Waals surface area contributed by atoms with E-state index < -0.39 is 0 Å². The highest BCUT2D eigenvalue weighted by molar-refractivity contribution is 7.22. The highest BCUT2D eigenvalue weighted by Gasteiger charge is 2.22. The van der Waals surface area contributed by atoms with Gasteiger partial charge in [0.15, 0.2) is 5.13 Å². The zero-order valence-corrected chi connectivity index (χ0v) is 19.9. The molecular weight excluding hydrogens is 449 g/mol. The first-order chi connectivity index (χ1) is 14.6. The Morgan fingerprint density at radius 3 is 2.45 bits per heavy atom. The summed E-state index contributed by atoms with van der Waals surface area (Å²) in [6, 6.07) is 19.6. The normalized spacial score (nSPS) is 11.1. The molecule has 1 aromatic heterocycles. The first-order valence-electron chi connectivity index (χ1n) is 10.2. The van der Waals surface area contributed by atoms with Gasteiger partial charge in [-0.1, -0.05) is 67.1 Å². The number of hydrogen-bond donors (Lipinski definition) is 0. The standard InChI is InChI=1S/C24H24ClN3OS.ClH/c1-3-27(4-2)13-14-28(24-26-21-12-11-20(25)16-22(21)30-24)23(29)19-10-9-17-7-5-6-8-18(17)15-19;/h5-12,15-16H,3-4,13-14H2,1-2H3;1H. The summed E-state index contributed by atoms with van der Waals surface area (Å²) in [5, 5.41) is 3.56. The van der Waals surface area contributed by atoms with Crippen molar-refractivity contribution in [3.8, 4) is 0 Å². The van der Waals surface area contributed by atoms with Crippen molar-refractivity contribution in [3.63, 3.8) is 0 Å². The van der Waals surface area contributed by atoms with Crippen LogP contribution in [0.1, 0.15) is 24.2 Å². The van der Waals surface area contributed by atoms with E-state index in [1.165, 1.54) is 11.3 Å². The van der Waals surface area contributed by atoms with Crippen LogP contribution in [0, 0.1) is 0 Å². The zero-order chi connectivity index (χ0) is 21.1. The van der Waals surface area contributed by atoms with E-state index in [-0.39, 0.29) is 18.3 Å². The fourth-order valence-corrected chi connectivity index (χ4v) is 4.81. The quantitative estimate of drug-likeness (QED) is 0.306. The smallest absolute Gasteiger partial charge is 0.260 e. The van der Waals surface area contributed by atoms with Crippen molar-refractivity contribution in [3.05, 3.63) is 71.2 Å². The van der Waals surface area contributed by atoms with Gasteiger partial charge in [-0.25, -0.2) is 4.98 Å². The first-order valence-corrected chi connectivity index (χ1v) is 11.4.